The van der Waals surface area contributed by atoms with Gasteiger partial charge in [-0.15, -0.1) is 0 Å². The van der Waals surface area contributed by atoms with E-state index in [-0.39, 0.29) is 5.91 Å². The third-order valence-corrected chi connectivity index (χ3v) is 5.96. The van der Waals surface area contributed by atoms with E-state index in [4.69, 9.17) is 33.3 Å². The van der Waals surface area contributed by atoms with Gasteiger partial charge in [0, 0.05) is 23.6 Å². The Labute approximate surface area is 185 Å². The highest BCUT2D eigenvalue weighted by Crippen LogP contribution is 2.34. The molecule has 1 fully saturated rings. The van der Waals surface area contributed by atoms with Gasteiger partial charge in [0.1, 0.15) is 15.8 Å². The molecule has 1 aliphatic rings. The number of thioether (sulfide) groups is 1. The quantitative estimate of drug-likeness (QED) is 0.294. The SMILES string of the molecule is CCN1C(=O)/C(=C\c2cc(Cl)ccc2OCCCOc2ccccc2C)SC1=S. The number of rotatable bonds is 8. The lowest BCUT2D eigenvalue weighted by Gasteiger charge is -2.12. The molecule has 29 heavy (non-hydrogen) atoms. The summed E-state index contributed by atoms with van der Waals surface area (Å²) in [6.45, 7) is 5.53. The second kappa shape index (κ2) is 10.1. The molecule has 0 spiro atoms. The van der Waals surface area contributed by atoms with Crippen molar-refractivity contribution in [1.82, 2.24) is 4.90 Å². The number of hydrogen-bond donors (Lipinski definition) is 0. The Morgan fingerprint density at radius 2 is 1.86 bits per heavy atom. The fraction of sp³-hybridized carbons (Fsp3) is 0.273. The van der Waals surface area contributed by atoms with Crippen LogP contribution in [0.15, 0.2) is 47.4 Å². The summed E-state index contributed by atoms with van der Waals surface area (Å²) in [7, 11) is 0. The Bertz CT molecular complexity index is 945. The first-order valence-corrected chi connectivity index (χ1v) is 11.0. The molecule has 0 radical (unpaired) electrons. The Morgan fingerprint density at radius 3 is 2.55 bits per heavy atom. The van der Waals surface area contributed by atoms with Crippen LogP contribution in [0.2, 0.25) is 5.02 Å². The minimum Gasteiger partial charge on any atom is -0.493 e. The lowest BCUT2D eigenvalue weighted by atomic mass is 10.2. The van der Waals surface area contributed by atoms with Gasteiger partial charge in [0.05, 0.1) is 18.1 Å². The third-order valence-electron chi connectivity index (χ3n) is 4.35. The zero-order chi connectivity index (χ0) is 20.8. The number of nitrogens with zero attached hydrogens (tertiary/aromatic N) is 1. The Balaban J connectivity index is 1.62. The molecule has 1 aliphatic heterocycles. The fourth-order valence-corrected chi connectivity index (χ4v) is 4.37. The van der Waals surface area contributed by atoms with E-state index in [1.165, 1.54) is 11.8 Å². The number of para-hydroxylation sites is 1. The summed E-state index contributed by atoms with van der Waals surface area (Å²) in [6.07, 6.45) is 2.52. The van der Waals surface area contributed by atoms with Gasteiger partial charge in [-0.05, 0) is 49.8 Å². The molecule has 2 aromatic rings. The molecule has 7 heteroatoms. The summed E-state index contributed by atoms with van der Waals surface area (Å²) in [4.78, 5) is 14.6. The van der Waals surface area contributed by atoms with E-state index in [1.807, 2.05) is 44.2 Å². The van der Waals surface area contributed by atoms with Gasteiger partial charge in [-0.1, -0.05) is 53.8 Å². The molecule has 0 bridgehead atoms. The van der Waals surface area contributed by atoms with Gasteiger partial charge in [-0.2, -0.15) is 0 Å². The van der Waals surface area contributed by atoms with Gasteiger partial charge >= 0.3 is 0 Å². The first-order valence-electron chi connectivity index (χ1n) is 9.35. The topological polar surface area (TPSA) is 38.8 Å². The summed E-state index contributed by atoms with van der Waals surface area (Å²) >= 11 is 12.7. The molecule has 0 atom stereocenters. The Kier molecular flexibility index (Phi) is 7.58. The minimum absolute atomic E-state index is 0.0833. The number of aryl methyl sites for hydroxylation is 1. The van der Waals surface area contributed by atoms with E-state index >= 15 is 0 Å². The van der Waals surface area contributed by atoms with Gasteiger partial charge in [0.15, 0.2) is 0 Å². The second-order valence-electron chi connectivity index (χ2n) is 6.42. The summed E-state index contributed by atoms with van der Waals surface area (Å²) in [5.74, 6) is 1.48. The summed E-state index contributed by atoms with van der Waals surface area (Å²) < 4.78 is 12.3. The summed E-state index contributed by atoms with van der Waals surface area (Å²) in [6, 6.07) is 13.3. The predicted octanol–water partition coefficient (Wildman–Crippen LogP) is 5.72. The van der Waals surface area contributed by atoms with Gasteiger partial charge in [-0.3, -0.25) is 9.69 Å². The largest absolute Gasteiger partial charge is 0.493 e. The first kappa shape index (κ1) is 21.7. The van der Waals surface area contributed by atoms with Crippen molar-refractivity contribution >= 4 is 51.9 Å². The summed E-state index contributed by atoms with van der Waals surface area (Å²) in [5.41, 5.74) is 1.87. The second-order valence-corrected chi connectivity index (χ2v) is 8.54. The van der Waals surface area contributed by atoms with E-state index in [0.29, 0.717) is 39.8 Å². The van der Waals surface area contributed by atoms with Crippen LogP contribution in [0.1, 0.15) is 24.5 Å². The van der Waals surface area contributed by atoms with E-state index in [1.54, 1.807) is 23.1 Å². The van der Waals surface area contributed by atoms with E-state index in [2.05, 4.69) is 0 Å². The molecular weight excluding hydrogens is 426 g/mol. The molecular formula is C22H22ClNO3S2. The van der Waals surface area contributed by atoms with E-state index < -0.39 is 0 Å². The number of ether oxygens (including phenoxy) is 2. The average Bonchev–Trinajstić information content (AvgIpc) is 2.97. The number of thiocarbonyl (C=S) groups is 1. The van der Waals surface area contributed by atoms with Crippen molar-refractivity contribution in [2.24, 2.45) is 0 Å². The third kappa shape index (κ3) is 5.53. The fourth-order valence-electron chi connectivity index (χ4n) is 2.82. The van der Waals surface area contributed by atoms with Crippen molar-refractivity contribution in [3.63, 3.8) is 0 Å². The van der Waals surface area contributed by atoms with Crippen LogP contribution < -0.4 is 9.47 Å². The van der Waals surface area contributed by atoms with Crippen molar-refractivity contribution < 1.29 is 14.3 Å². The Morgan fingerprint density at radius 1 is 1.14 bits per heavy atom. The maximum atomic E-state index is 12.5. The molecule has 1 amide bonds. The molecule has 1 heterocycles. The van der Waals surface area contributed by atoms with Crippen molar-refractivity contribution in [3.8, 4) is 11.5 Å². The molecule has 2 aromatic carbocycles. The van der Waals surface area contributed by atoms with Crippen LogP contribution >= 0.6 is 35.6 Å². The van der Waals surface area contributed by atoms with Crippen LogP contribution in [0.5, 0.6) is 11.5 Å². The van der Waals surface area contributed by atoms with Crippen LogP contribution in [0.3, 0.4) is 0 Å². The molecule has 152 valence electrons. The van der Waals surface area contributed by atoms with Crippen LogP contribution in [0.4, 0.5) is 0 Å². The molecule has 0 aromatic heterocycles. The molecule has 0 aliphatic carbocycles. The van der Waals surface area contributed by atoms with Gasteiger partial charge in [-0.25, -0.2) is 0 Å². The zero-order valence-corrected chi connectivity index (χ0v) is 18.7. The molecule has 0 N–H and O–H groups in total. The van der Waals surface area contributed by atoms with Crippen LogP contribution in [0.25, 0.3) is 6.08 Å². The molecule has 3 rings (SSSR count). The van der Waals surface area contributed by atoms with Gasteiger partial charge in [0.2, 0.25) is 0 Å². The minimum atomic E-state index is -0.0833. The lowest BCUT2D eigenvalue weighted by molar-refractivity contribution is -0.121. The lowest BCUT2D eigenvalue weighted by Crippen LogP contribution is -2.27. The maximum Gasteiger partial charge on any atom is 0.266 e. The molecule has 0 unspecified atom stereocenters. The number of carbonyl (C=O) groups excluding carboxylic acids is 1. The summed E-state index contributed by atoms with van der Waals surface area (Å²) in [5, 5.41) is 0.581. The van der Waals surface area contributed by atoms with Crippen molar-refractivity contribution in [2.45, 2.75) is 20.3 Å². The number of benzene rings is 2. The van der Waals surface area contributed by atoms with Gasteiger partial charge < -0.3 is 9.47 Å². The number of halogens is 1. The van der Waals surface area contributed by atoms with E-state index in [0.717, 1.165) is 23.3 Å². The van der Waals surface area contributed by atoms with E-state index in [9.17, 15) is 4.79 Å². The standard InChI is InChI=1S/C22H22ClNO3S2/c1-3-24-21(25)20(29-22(24)28)14-16-13-17(23)9-10-19(16)27-12-6-11-26-18-8-5-4-7-15(18)2/h4-5,7-10,13-14H,3,6,11-12H2,1-2H3/b20-14+. The molecule has 4 nitrogen and oxygen atoms in total. The number of likely N-dealkylation sites (N-methyl/N-ethyl adjacent to an activating group) is 1. The number of amides is 1. The average molecular weight is 448 g/mol. The first-order chi connectivity index (χ1) is 14.0. The highest BCUT2D eigenvalue weighted by molar-refractivity contribution is 8.26. The normalized spacial score (nSPS) is 15.3. The maximum absolute atomic E-state index is 12.5. The molecule has 1 saturated heterocycles. The Hall–Kier alpha value is -2.02. The van der Waals surface area contributed by atoms with Crippen LogP contribution in [-0.2, 0) is 4.79 Å². The van der Waals surface area contributed by atoms with Crippen LogP contribution in [0, 0.1) is 6.92 Å². The monoisotopic (exact) mass is 447 g/mol. The number of hydrogen-bond acceptors (Lipinski definition) is 5. The van der Waals surface area contributed by atoms with Gasteiger partial charge in [0.25, 0.3) is 5.91 Å². The van der Waals surface area contributed by atoms with Crippen LogP contribution in [-0.4, -0.2) is 34.9 Å². The predicted molar refractivity (Wildman–Crippen MR) is 124 cm³/mol. The van der Waals surface area contributed by atoms with Crippen molar-refractivity contribution in [2.75, 3.05) is 19.8 Å². The zero-order valence-electron chi connectivity index (χ0n) is 16.3. The smallest absolute Gasteiger partial charge is 0.266 e. The van der Waals surface area contributed by atoms with Crippen molar-refractivity contribution in [3.05, 3.63) is 63.5 Å². The molecule has 0 saturated carbocycles. The highest BCUT2D eigenvalue weighted by atomic mass is 35.5. The highest BCUT2D eigenvalue weighted by Gasteiger charge is 2.30. The number of carbonyl (C=O) groups is 1. The van der Waals surface area contributed by atoms with Crippen molar-refractivity contribution in [1.29, 1.82) is 0 Å².